The van der Waals surface area contributed by atoms with Gasteiger partial charge in [0.05, 0.1) is 21.6 Å². The van der Waals surface area contributed by atoms with E-state index in [1.807, 2.05) is 13.8 Å². The highest BCUT2D eigenvalue weighted by molar-refractivity contribution is 6.34. The Bertz CT molecular complexity index is 763. The molecule has 7 heteroatoms. The minimum Gasteiger partial charge on any atom is -0.345 e. The highest BCUT2D eigenvalue weighted by Gasteiger charge is 2.21. The second-order valence-electron chi connectivity index (χ2n) is 5.67. The van der Waals surface area contributed by atoms with Crippen LogP contribution in [0.25, 0.3) is 0 Å². The van der Waals surface area contributed by atoms with Crippen LogP contribution in [0.15, 0.2) is 42.5 Å². The van der Waals surface area contributed by atoms with E-state index in [-0.39, 0.29) is 34.1 Å². The summed E-state index contributed by atoms with van der Waals surface area (Å²) in [6.07, 6.45) is 0. The Hall–Kier alpha value is -2.47. The Morgan fingerprint density at radius 2 is 1.83 bits per heavy atom. The third-order valence-corrected chi connectivity index (χ3v) is 3.90. The molecule has 5 nitrogen and oxygen atoms in total. The minimum absolute atomic E-state index is 0.00307. The molecule has 0 unspecified atom stereocenters. The zero-order chi connectivity index (χ0) is 17.9. The molecule has 0 bridgehead atoms. The highest BCUT2D eigenvalue weighted by atomic mass is 35.5. The Kier molecular flexibility index (Phi) is 5.51. The van der Waals surface area contributed by atoms with Gasteiger partial charge in [0.25, 0.3) is 11.6 Å². The number of nitrogens with zero attached hydrogens (tertiary/aromatic N) is 1. The van der Waals surface area contributed by atoms with Gasteiger partial charge in [-0.15, -0.1) is 0 Å². The maximum Gasteiger partial charge on any atom is 0.270 e. The van der Waals surface area contributed by atoms with E-state index < -0.39 is 10.8 Å². The van der Waals surface area contributed by atoms with Gasteiger partial charge in [-0.3, -0.25) is 14.9 Å². The lowest BCUT2D eigenvalue weighted by atomic mass is 9.95. The predicted molar refractivity (Wildman–Crippen MR) is 89.6 cm³/mol. The van der Waals surface area contributed by atoms with Gasteiger partial charge in [-0.25, -0.2) is 4.39 Å². The molecule has 126 valence electrons. The SMILES string of the molecule is CC(C)[C@@H](NC(=O)c1ccc([N+](=O)[O-])cc1Cl)c1ccc(F)cc1. The average Bonchev–Trinajstić information content (AvgIpc) is 2.53. The monoisotopic (exact) mass is 350 g/mol. The van der Waals surface area contributed by atoms with Crippen LogP contribution < -0.4 is 5.32 Å². The third kappa shape index (κ3) is 4.08. The molecule has 2 rings (SSSR count). The maximum absolute atomic E-state index is 13.1. The lowest BCUT2D eigenvalue weighted by Gasteiger charge is -2.23. The lowest BCUT2D eigenvalue weighted by Crippen LogP contribution is -2.32. The number of carbonyl (C=O) groups excluding carboxylic acids is 1. The van der Waals surface area contributed by atoms with Gasteiger partial charge in [0.15, 0.2) is 0 Å². The molecule has 24 heavy (non-hydrogen) atoms. The largest absolute Gasteiger partial charge is 0.345 e. The fraction of sp³-hybridized carbons (Fsp3) is 0.235. The molecular formula is C17H16ClFN2O3. The number of amides is 1. The van der Waals surface area contributed by atoms with Gasteiger partial charge in [0, 0.05) is 12.1 Å². The van der Waals surface area contributed by atoms with Crippen molar-refractivity contribution in [3.8, 4) is 0 Å². The van der Waals surface area contributed by atoms with Crippen LogP contribution in [0.2, 0.25) is 5.02 Å². The number of hydrogen-bond acceptors (Lipinski definition) is 3. The summed E-state index contributed by atoms with van der Waals surface area (Å²) < 4.78 is 13.1. The molecule has 0 heterocycles. The first-order valence-corrected chi connectivity index (χ1v) is 7.67. The van der Waals surface area contributed by atoms with Crippen molar-refractivity contribution >= 4 is 23.2 Å². The molecule has 0 aromatic heterocycles. The topological polar surface area (TPSA) is 72.2 Å². The molecule has 2 aromatic rings. The van der Waals surface area contributed by atoms with Crippen molar-refractivity contribution in [3.05, 3.63) is 74.5 Å². The predicted octanol–water partition coefficient (Wildman–Crippen LogP) is 4.51. The summed E-state index contributed by atoms with van der Waals surface area (Å²) in [6, 6.07) is 9.21. The molecule has 0 aliphatic rings. The zero-order valence-corrected chi connectivity index (χ0v) is 13.9. The first-order chi connectivity index (χ1) is 11.3. The van der Waals surface area contributed by atoms with Crippen molar-refractivity contribution in [1.29, 1.82) is 0 Å². The summed E-state index contributed by atoms with van der Waals surface area (Å²) >= 11 is 5.98. The number of rotatable bonds is 5. The van der Waals surface area contributed by atoms with E-state index in [2.05, 4.69) is 5.32 Å². The Balaban J connectivity index is 2.25. The van der Waals surface area contributed by atoms with Crippen molar-refractivity contribution in [2.45, 2.75) is 19.9 Å². The van der Waals surface area contributed by atoms with Crippen LogP contribution in [-0.4, -0.2) is 10.8 Å². The van der Waals surface area contributed by atoms with Gasteiger partial charge < -0.3 is 5.32 Å². The Morgan fingerprint density at radius 3 is 2.33 bits per heavy atom. The number of non-ortho nitro benzene ring substituents is 1. The van der Waals surface area contributed by atoms with Crippen LogP contribution in [0.3, 0.4) is 0 Å². The molecule has 1 N–H and O–H groups in total. The average molecular weight is 351 g/mol. The van der Waals surface area contributed by atoms with Crippen LogP contribution in [0.5, 0.6) is 0 Å². The summed E-state index contributed by atoms with van der Waals surface area (Å²) in [7, 11) is 0. The Morgan fingerprint density at radius 1 is 1.21 bits per heavy atom. The van der Waals surface area contributed by atoms with Crippen molar-refractivity contribution in [2.75, 3.05) is 0 Å². The zero-order valence-electron chi connectivity index (χ0n) is 13.1. The van der Waals surface area contributed by atoms with E-state index >= 15 is 0 Å². The van der Waals surface area contributed by atoms with Crippen molar-refractivity contribution in [3.63, 3.8) is 0 Å². The van der Waals surface area contributed by atoms with Crippen LogP contribution in [0.4, 0.5) is 10.1 Å². The van der Waals surface area contributed by atoms with Crippen molar-refractivity contribution in [2.24, 2.45) is 5.92 Å². The summed E-state index contributed by atoms with van der Waals surface area (Å²) in [5.74, 6) is -0.750. The molecule has 0 saturated carbocycles. The van der Waals surface area contributed by atoms with Crippen molar-refractivity contribution < 1.29 is 14.1 Å². The van der Waals surface area contributed by atoms with Crippen LogP contribution in [0, 0.1) is 21.8 Å². The van der Waals surface area contributed by atoms with E-state index in [4.69, 9.17) is 11.6 Å². The fourth-order valence-corrected chi connectivity index (χ4v) is 2.59. The smallest absolute Gasteiger partial charge is 0.270 e. The van der Waals surface area contributed by atoms with Crippen LogP contribution in [-0.2, 0) is 0 Å². The maximum atomic E-state index is 13.1. The van der Waals surface area contributed by atoms with E-state index in [9.17, 15) is 19.3 Å². The Labute approximate surface area is 143 Å². The highest BCUT2D eigenvalue weighted by Crippen LogP contribution is 2.26. The number of benzene rings is 2. The number of nitrogens with one attached hydrogen (secondary N) is 1. The molecule has 0 aliphatic carbocycles. The summed E-state index contributed by atoms with van der Waals surface area (Å²) in [6.45, 7) is 3.84. The molecular weight excluding hydrogens is 335 g/mol. The molecule has 0 fully saturated rings. The van der Waals surface area contributed by atoms with Gasteiger partial charge in [-0.05, 0) is 29.7 Å². The van der Waals surface area contributed by atoms with E-state index in [0.29, 0.717) is 0 Å². The molecule has 0 aliphatic heterocycles. The first kappa shape index (κ1) is 17.9. The summed E-state index contributed by atoms with van der Waals surface area (Å²) in [4.78, 5) is 22.6. The number of hydrogen-bond donors (Lipinski definition) is 1. The molecule has 2 aromatic carbocycles. The van der Waals surface area contributed by atoms with Gasteiger partial charge in [0.1, 0.15) is 5.82 Å². The van der Waals surface area contributed by atoms with Gasteiger partial charge >= 0.3 is 0 Å². The first-order valence-electron chi connectivity index (χ1n) is 7.30. The normalized spacial score (nSPS) is 12.0. The third-order valence-electron chi connectivity index (χ3n) is 3.59. The van der Waals surface area contributed by atoms with Gasteiger partial charge in [0.2, 0.25) is 0 Å². The lowest BCUT2D eigenvalue weighted by molar-refractivity contribution is -0.384. The summed E-state index contributed by atoms with van der Waals surface area (Å²) in [5.41, 5.74) is 0.725. The summed E-state index contributed by atoms with van der Waals surface area (Å²) in [5, 5.41) is 13.6. The second-order valence-corrected chi connectivity index (χ2v) is 6.08. The van der Waals surface area contributed by atoms with Gasteiger partial charge in [-0.1, -0.05) is 37.6 Å². The quantitative estimate of drug-likeness (QED) is 0.636. The van der Waals surface area contributed by atoms with E-state index in [0.717, 1.165) is 11.6 Å². The van der Waals surface area contributed by atoms with Gasteiger partial charge in [-0.2, -0.15) is 0 Å². The number of halogens is 2. The number of nitro groups is 1. The van der Waals surface area contributed by atoms with Crippen molar-refractivity contribution in [1.82, 2.24) is 5.32 Å². The minimum atomic E-state index is -0.580. The standard InChI is InChI=1S/C17H16ClFN2O3/c1-10(2)16(11-3-5-12(19)6-4-11)20-17(22)14-8-7-13(21(23)24)9-15(14)18/h3-10,16H,1-2H3,(H,20,22)/t16-/m1/s1. The van der Waals surface area contributed by atoms with Crippen LogP contribution >= 0.6 is 11.6 Å². The number of carbonyl (C=O) groups is 1. The van der Waals surface area contributed by atoms with E-state index in [1.165, 1.54) is 24.3 Å². The molecule has 0 saturated heterocycles. The van der Waals surface area contributed by atoms with E-state index in [1.54, 1.807) is 12.1 Å². The fourth-order valence-electron chi connectivity index (χ4n) is 2.33. The molecule has 1 amide bonds. The molecule has 1 atom stereocenters. The molecule has 0 spiro atoms. The van der Waals surface area contributed by atoms with Crippen LogP contribution in [0.1, 0.15) is 35.8 Å². The second kappa shape index (κ2) is 7.40. The number of nitro benzene ring substituents is 1. The molecule has 0 radical (unpaired) electrons.